The number of carbonyl (C=O) groups is 1. The van der Waals surface area contributed by atoms with Gasteiger partial charge in [0, 0.05) is 13.1 Å². The molecule has 0 bridgehead atoms. The molecule has 2 rings (SSSR count). The van der Waals surface area contributed by atoms with Crippen LogP contribution in [0.5, 0.6) is 5.75 Å². The molecule has 1 fully saturated rings. The molecule has 1 heterocycles. The van der Waals surface area contributed by atoms with Crippen molar-refractivity contribution in [3.8, 4) is 5.75 Å². The molecule has 0 spiro atoms. The lowest BCUT2D eigenvalue weighted by Gasteiger charge is -2.21. The van der Waals surface area contributed by atoms with Crippen molar-refractivity contribution in [1.29, 1.82) is 0 Å². The quantitative estimate of drug-likeness (QED) is 0.721. The van der Waals surface area contributed by atoms with Crippen LogP contribution in [0.3, 0.4) is 0 Å². The Morgan fingerprint density at radius 3 is 2.76 bits per heavy atom. The highest BCUT2D eigenvalue weighted by atomic mass is 19.1. The summed E-state index contributed by atoms with van der Waals surface area (Å²) in [5.74, 6) is -0.108. The standard InChI is InChI=1S/C16H23FN2O2/c1-18(9-10-19-7-3-4-8-19)12-15(20)14-11-13(17)5-6-16(14)21-2/h5-6,11H,3-4,7-10,12H2,1-2H3. The van der Waals surface area contributed by atoms with E-state index in [0.29, 0.717) is 11.3 Å². The van der Waals surface area contributed by atoms with Crippen LogP contribution >= 0.6 is 0 Å². The highest BCUT2D eigenvalue weighted by Gasteiger charge is 2.17. The third kappa shape index (κ3) is 4.51. The fraction of sp³-hybridized carbons (Fsp3) is 0.562. The van der Waals surface area contributed by atoms with E-state index < -0.39 is 5.82 Å². The summed E-state index contributed by atoms with van der Waals surface area (Å²) in [6.07, 6.45) is 2.53. The lowest BCUT2D eigenvalue weighted by Crippen LogP contribution is -2.34. The van der Waals surface area contributed by atoms with Gasteiger partial charge in [-0.3, -0.25) is 9.69 Å². The van der Waals surface area contributed by atoms with Crippen LogP contribution < -0.4 is 4.74 Å². The lowest BCUT2D eigenvalue weighted by atomic mass is 10.1. The molecular formula is C16H23FN2O2. The number of rotatable bonds is 7. The van der Waals surface area contributed by atoms with Crippen molar-refractivity contribution in [2.45, 2.75) is 12.8 Å². The van der Waals surface area contributed by atoms with Crippen LogP contribution in [0.15, 0.2) is 18.2 Å². The zero-order valence-electron chi connectivity index (χ0n) is 12.8. The first-order valence-corrected chi connectivity index (χ1v) is 7.38. The van der Waals surface area contributed by atoms with Gasteiger partial charge in [0.05, 0.1) is 19.2 Å². The molecule has 1 aliphatic rings. The van der Waals surface area contributed by atoms with Gasteiger partial charge in [-0.05, 0) is 51.2 Å². The van der Waals surface area contributed by atoms with Gasteiger partial charge in [0.2, 0.25) is 0 Å². The first-order chi connectivity index (χ1) is 10.1. The third-order valence-corrected chi connectivity index (χ3v) is 3.87. The van der Waals surface area contributed by atoms with E-state index in [1.807, 2.05) is 11.9 Å². The van der Waals surface area contributed by atoms with Crippen LogP contribution in [0, 0.1) is 5.82 Å². The number of halogens is 1. The second-order valence-corrected chi connectivity index (χ2v) is 5.55. The molecule has 0 N–H and O–H groups in total. The largest absolute Gasteiger partial charge is 0.496 e. The van der Waals surface area contributed by atoms with E-state index in [4.69, 9.17) is 4.74 Å². The molecule has 0 aliphatic carbocycles. The van der Waals surface area contributed by atoms with E-state index in [9.17, 15) is 9.18 Å². The Kier molecular flexibility index (Phi) is 5.70. The maximum Gasteiger partial charge on any atom is 0.180 e. The molecule has 0 aromatic heterocycles. The van der Waals surface area contributed by atoms with Gasteiger partial charge in [0.1, 0.15) is 11.6 Å². The van der Waals surface area contributed by atoms with Crippen molar-refractivity contribution in [2.75, 3.05) is 46.9 Å². The topological polar surface area (TPSA) is 32.8 Å². The summed E-state index contributed by atoms with van der Waals surface area (Å²) in [6, 6.07) is 4.04. The van der Waals surface area contributed by atoms with Gasteiger partial charge in [-0.1, -0.05) is 0 Å². The Labute approximate surface area is 125 Å². The first-order valence-electron chi connectivity index (χ1n) is 7.38. The number of hydrogen-bond acceptors (Lipinski definition) is 4. The molecule has 116 valence electrons. The summed E-state index contributed by atoms with van der Waals surface area (Å²) in [5, 5.41) is 0. The zero-order valence-corrected chi connectivity index (χ0v) is 12.8. The minimum Gasteiger partial charge on any atom is -0.496 e. The second-order valence-electron chi connectivity index (χ2n) is 5.55. The Morgan fingerprint density at radius 1 is 1.38 bits per heavy atom. The molecule has 4 nitrogen and oxygen atoms in total. The average molecular weight is 294 g/mol. The van der Waals surface area contributed by atoms with Crippen molar-refractivity contribution in [3.63, 3.8) is 0 Å². The monoisotopic (exact) mass is 294 g/mol. The highest BCUT2D eigenvalue weighted by Crippen LogP contribution is 2.20. The van der Waals surface area contributed by atoms with Crippen LogP contribution in [0.25, 0.3) is 0 Å². The van der Waals surface area contributed by atoms with Crippen LogP contribution in [-0.4, -0.2) is 62.5 Å². The SMILES string of the molecule is COc1ccc(F)cc1C(=O)CN(C)CCN1CCCC1. The van der Waals surface area contributed by atoms with Gasteiger partial charge in [0.25, 0.3) is 0 Å². The predicted molar refractivity (Wildman–Crippen MR) is 80.5 cm³/mol. The lowest BCUT2D eigenvalue weighted by molar-refractivity contribution is 0.0937. The molecule has 0 atom stereocenters. The Balaban J connectivity index is 1.89. The summed E-state index contributed by atoms with van der Waals surface area (Å²) in [6.45, 7) is 4.39. The molecule has 1 aromatic rings. The summed E-state index contributed by atoms with van der Waals surface area (Å²) >= 11 is 0. The van der Waals surface area contributed by atoms with Crippen molar-refractivity contribution < 1.29 is 13.9 Å². The number of nitrogens with zero attached hydrogens (tertiary/aromatic N) is 2. The van der Waals surface area contributed by atoms with E-state index in [-0.39, 0.29) is 12.3 Å². The molecule has 1 saturated heterocycles. The molecule has 0 saturated carbocycles. The maximum atomic E-state index is 13.3. The van der Waals surface area contributed by atoms with Gasteiger partial charge in [-0.15, -0.1) is 0 Å². The molecule has 1 aromatic carbocycles. The second kappa shape index (κ2) is 7.52. The van der Waals surface area contributed by atoms with E-state index in [0.717, 1.165) is 26.2 Å². The van der Waals surface area contributed by atoms with Gasteiger partial charge >= 0.3 is 0 Å². The molecule has 21 heavy (non-hydrogen) atoms. The summed E-state index contributed by atoms with van der Waals surface area (Å²) in [4.78, 5) is 16.7. The minimum absolute atomic E-state index is 0.115. The van der Waals surface area contributed by atoms with E-state index >= 15 is 0 Å². The number of methoxy groups -OCH3 is 1. The fourth-order valence-corrected chi connectivity index (χ4v) is 2.63. The number of ketones is 1. The van der Waals surface area contributed by atoms with Gasteiger partial charge in [0.15, 0.2) is 5.78 Å². The van der Waals surface area contributed by atoms with Gasteiger partial charge in [-0.2, -0.15) is 0 Å². The molecular weight excluding hydrogens is 271 g/mol. The minimum atomic E-state index is -0.418. The van der Waals surface area contributed by atoms with Crippen molar-refractivity contribution in [3.05, 3.63) is 29.6 Å². The van der Waals surface area contributed by atoms with E-state index in [1.165, 1.54) is 38.2 Å². The smallest absolute Gasteiger partial charge is 0.180 e. The number of hydrogen-bond donors (Lipinski definition) is 0. The number of carbonyl (C=O) groups excluding carboxylic acids is 1. The fourth-order valence-electron chi connectivity index (χ4n) is 2.63. The third-order valence-electron chi connectivity index (χ3n) is 3.87. The summed E-state index contributed by atoms with van der Waals surface area (Å²) < 4.78 is 18.4. The van der Waals surface area contributed by atoms with Gasteiger partial charge < -0.3 is 9.64 Å². The van der Waals surface area contributed by atoms with Crippen LogP contribution in [0.1, 0.15) is 23.2 Å². The van der Waals surface area contributed by atoms with E-state index in [2.05, 4.69) is 4.90 Å². The Bertz CT molecular complexity index is 487. The summed E-state index contributed by atoms with van der Waals surface area (Å²) in [7, 11) is 3.40. The van der Waals surface area contributed by atoms with Crippen LogP contribution in [0.4, 0.5) is 4.39 Å². The average Bonchev–Trinajstić information content (AvgIpc) is 2.98. The molecule has 0 unspecified atom stereocenters. The molecule has 5 heteroatoms. The normalized spacial score (nSPS) is 15.6. The molecule has 1 aliphatic heterocycles. The van der Waals surface area contributed by atoms with Crippen molar-refractivity contribution >= 4 is 5.78 Å². The van der Waals surface area contributed by atoms with Crippen molar-refractivity contribution in [2.24, 2.45) is 0 Å². The van der Waals surface area contributed by atoms with Crippen LogP contribution in [0.2, 0.25) is 0 Å². The number of likely N-dealkylation sites (tertiary alicyclic amines) is 1. The Morgan fingerprint density at radius 2 is 2.10 bits per heavy atom. The Hall–Kier alpha value is -1.46. The maximum absolute atomic E-state index is 13.3. The van der Waals surface area contributed by atoms with E-state index in [1.54, 1.807) is 0 Å². The zero-order chi connectivity index (χ0) is 15.2. The van der Waals surface area contributed by atoms with Gasteiger partial charge in [-0.25, -0.2) is 4.39 Å². The number of ether oxygens (including phenoxy) is 1. The highest BCUT2D eigenvalue weighted by molar-refractivity contribution is 6.00. The first kappa shape index (κ1) is 15.9. The number of Topliss-reactive ketones (excluding diaryl/α,β-unsaturated/α-hetero) is 1. The summed E-state index contributed by atoms with van der Waals surface area (Å²) in [5.41, 5.74) is 0.311. The number of benzene rings is 1. The molecule has 0 amide bonds. The molecule has 0 radical (unpaired) electrons. The van der Waals surface area contributed by atoms with Crippen LogP contribution in [-0.2, 0) is 0 Å². The van der Waals surface area contributed by atoms with Crippen molar-refractivity contribution in [1.82, 2.24) is 9.80 Å². The predicted octanol–water partition coefficient (Wildman–Crippen LogP) is 2.04. The number of likely N-dealkylation sites (N-methyl/N-ethyl adjacent to an activating group) is 1.